The fourth-order valence-corrected chi connectivity index (χ4v) is 7.27. The van der Waals surface area contributed by atoms with Gasteiger partial charge in [-0.2, -0.15) is 4.90 Å². The minimum Gasteiger partial charge on any atom is -0.508 e. The zero-order valence-electron chi connectivity index (χ0n) is 19.5. The zero-order chi connectivity index (χ0) is 26.3. The molecule has 0 aromatic heterocycles. The van der Waals surface area contributed by atoms with Crippen LogP contribution in [-0.4, -0.2) is 75.6 Å². The molecule has 36 heavy (non-hydrogen) atoms. The second-order valence-electron chi connectivity index (χ2n) is 9.40. The average molecular weight is 537 g/mol. The molecule has 2 aliphatic heterocycles. The van der Waals surface area contributed by atoms with Gasteiger partial charge in [-0.05, 0) is 24.8 Å². The van der Waals surface area contributed by atoms with Gasteiger partial charge < -0.3 is 14.6 Å². The molecule has 3 fully saturated rings. The van der Waals surface area contributed by atoms with Crippen LogP contribution in [0.1, 0.15) is 24.3 Å². The van der Waals surface area contributed by atoms with Crippen molar-refractivity contribution in [3.05, 3.63) is 35.4 Å². The second kappa shape index (κ2) is 7.94. The second-order valence-corrected chi connectivity index (χ2v) is 10.6. The number of phenolic OH excluding ortho intramolecular Hbond substituents is 1. The number of carbonyl (C=O) groups is 5. The third kappa shape index (κ3) is 2.82. The Morgan fingerprint density at radius 2 is 1.78 bits per heavy atom. The van der Waals surface area contributed by atoms with Gasteiger partial charge in [-0.15, -0.1) is 23.2 Å². The number of imide groups is 4. The standard InChI is InChI=1S/C24H22Cl2N2O8/c1-27-20(32)23(25)9-14-11(6-7-13-16(14)19(31)28(18(13)30)22(34)36-3)17(24(23,26)21(27)33)12-5-4-10(35-2)8-15(12)29/h4-6,8,13-14,16-17,29H,7,9H2,1-3H3/t13-,14+,16-,17+,23+,24-/m0/s1. The Bertz CT molecular complexity index is 1280. The van der Waals surface area contributed by atoms with Crippen LogP contribution in [0.5, 0.6) is 11.5 Å². The lowest BCUT2D eigenvalue weighted by atomic mass is 9.56. The quantitative estimate of drug-likeness (QED) is 0.345. The van der Waals surface area contributed by atoms with Crippen molar-refractivity contribution < 1.29 is 38.6 Å². The van der Waals surface area contributed by atoms with Gasteiger partial charge in [0.05, 0.1) is 26.1 Å². The maximum Gasteiger partial charge on any atom is 0.423 e. The number of allylic oxidation sites excluding steroid dienone is 2. The van der Waals surface area contributed by atoms with Gasteiger partial charge in [-0.3, -0.25) is 24.1 Å². The topological polar surface area (TPSA) is 131 Å². The highest BCUT2D eigenvalue weighted by molar-refractivity contribution is 6.53. The van der Waals surface area contributed by atoms with E-state index in [1.165, 1.54) is 26.3 Å². The minimum atomic E-state index is -2.02. The predicted octanol–water partition coefficient (Wildman–Crippen LogP) is 2.16. The number of halogens is 2. The highest BCUT2D eigenvalue weighted by atomic mass is 35.5. The van der Waals surface area contributed by atoms with E-state index in [0.717, 1.165) is 12.0 Å². The third-order valence-electron chi connectivity index (χ3n) is 7.92. The summed E-state index contributed by atoms with van der Waals surface area (Å²) in [5.41, 5.74) is 0.704. The summed E-state index contributed by atoms with van der Waals surface area (Å²) < 4.78 is 9.79. The molecular weight excluding hydrogens is 515 g/mol. The molecule has 2 aliphatic carbocycles. The number of carbonyl (C=O) groups excluding carboxylic acids is 5. The molecular formula is C24H22Cl2N2O8. The van der Waals surface area contributed by atoms with Crippen LogP contribution in [0.2, 0.25) is 0 Å². The zero-order valence-corrected chi connectivity index (χ0v) is 21.0. The highest BCUT2D eigenvalue weighted by Crippen LogP contribution is 2.66. The molecule has 2 heterocycles. The Morgan fingerprint density at radius 3 is 2.39 bits per heavy atom. The fourth-order valence-electron chi connectivity index (χ4n) is 6.26. The molecule has 10 nitrogen and oxygen atoms in total. The molecule has 0 spiro atoms. The first-order chi connectivity index (χ1) is 16.9. The van der Waals surface area contributed by atoms with Gasteiger partial charge in [-0.1, -0.05) is 17.7 Å². The van der Waals surface area contributed by atoms with Crippen molar-refractivity contribution in [3.63, 3.8) is 0 Å². The molecule has 5 amide bonds. The van der Waals surface area contributed by atoms with E-state index in [-0.39, 0.29) is 24.2 Å². The first-order valence-corrected chi connectivity index (χ1v) is 11.9. The van der Waals surface area contributed by atoms with Crippen LogP contribution < -0.4 is 4.74 Å². The lowest BCUT2D eigenvalue weighted by Crippen LogP contribution is -2.60. The number of nitrogens with zero attached hydrogens (tertiary/aromatic N) is 2. The number of likely N-dealkylation sites (tertiary alicyclic amines) is 2. The van der Waals surface area contributed by atoms with E-state index in [0.29, 0.717) is 16.2 Å². The summed E-state index contributed by atoms with van der Waals surface area (Å²) >= 11 is 14.0. The molecule has 0 unspecified atom stereocenters. The fraction of sp³-hybridized carbons (Fsp3) is 0.458. The van der Waals surface area contributed by atoms with Crippen molar-refractivity contribution in [2.45, 2.75) is 28.5 Å². The number of alkyl halides is 2. The highest BCUT2D eigenvalue weighted by Gasteiger charge is 2.76. The minimum absolute atomic E-state index is 0.0855. The molecule has 6 atom stereocenters. The Morgan fingerprint density at radius 1 is 1.08 bits per heavy atom. The number of fused-ring (bicyclic) bond motifs is 4. The maximum atomic E-state index is 13.5. The van der Waals surface area contributed by atoms with Crippen molar-refractivity contribution in [2.75, 3.05) is 21.3 Å². The molecule has 2 saturated heterocycles. The summed E-state index contributed by atoms with van der Waals surface area (Å²) in [6.07, 6.45) is 0.465. The SMILES string of the molecule is COC(=O)N1C(=O)[C@H]2[C@H](CC=C3[C@H]2C[C@@]2(Cl)C(=O)N(C)C(=O)[C@@]2(Cl)[C@H]3c2ccc(OC)cc2O)C1=O. The van der Waals surface area contributed by atoms with Crippen LogP contribution in [0.15, 0.2) is 29.8 Å². The lowest BCUT2D eigenvalue weighted by molar-refractivity contribution is -0.139. The number of methoxy groups -OCH3 is 2. The van der Waals surface area contributed by atoms with Gasteiger partial charge >= 0.3 is 6.09 Å². The van der Waals surface area contributed by atoms with Crippen LogP contribution in [0, 0.1) is 17.8 Å². The van der Waals surface area contributed by atoms with E-state index >= 15 is 0 Å². The number of amides is 5. The summed E-state index contributed by atoms with van der Waals surface area (Å²) in [6.45, 7) is 0. The number of hydrogen-bond acceptors (Lipinski definition) is 8. The molecule has 1 saturated carbocycles. The normalized spacial score (nSPS) is 35.3. The first-order valence-electron chi connectivity index (χ1n) is 11.2. The van der Waals surface area contributed by atoms with Crippen molar-refractivity contribution in [1.82, 2.24) is 9.80 Å². The van der Waals surface area contributed by atoms with Gasteiger partial charge in [0.1, 0.15) is 11.5 Å². The van der Waals surface area contributed by atoms with Crippen LogP contribution in [-0.2, 0) is 23.9 Å². The maximum absolute atomic E-state index is 13.5. The number of hydrogen-bond donors (Lipinski definition) is 1. The molecule has 1 aromatic rings. The Balaban J connectivity index is 1.72. The van der Waals surface area contributed by atoms with Crippen LogP contribution in [0.4, 0.5) is 4.79 Å². The Kier molecular flexibility index (Phi) is 5.42. The summed E-state index contributed by atoms with van der Waals surface area (Å²) in [6, 6.07) is 4.43. The Labute approximate surface area is 215 Å². The third-order valence-corrected chi connectivity index (χ3v) is 9.33. The van der Waals surface area contributed by atoms with Crippen molar-refractivity contribution in [3.8, 4) is 11.5 Å². The van der Waals surface area contributed by atoms with Gasteiger partial charge in [-0.25, -0.2) is 4.79 Å². The number of phenols is 1. The number of benzene rings is 1. The van der Waals surface area contributed by atoms with Crippen LogP contribution in [0.3, 0.4) is 0 Å². The number of rotatable bonds is 2. The molecule has 1 N–H and O–H groups in total. The summed E-state index contributed by atoms with van der Waals surface area (Å²) in [5.74, 6) is -6.67. The van der Waals surface area contributed by atoms with Crippen molar-refractivity contribution in [1.29, 1.82) is 0 Å². The molecule has 4 aliphatic rings. The van der Waals surface area contributed by atoms with Gasteiger partial charge in [0.15, 0.2) is 9.75 Å². The van der Waals surface area contributed by atoms with Gasteiger partial charge in [0, 0.05) is 24.6 Å². The summed E-state index contributed by atoms with van der Waals surface area (Å²) in [4.78, 5) is 62.6. The molecule has 0 radical (unpaired) electrons. The predicted molar refractivity (Wildman–Crippen MR) is 124 cm³/mol. The lowest BCUT2D eigenvalue weighted by Gasteiger charge is -2.50. The average Bonchev–Trinajstić information content (AvgIpc) is 3.19. The molecule has 1 aromatic carbocycles. The van der Waals surface area contributed by atoms with Crippen LogP contribution >= 0.6 is 23.2 Å². The molecule has 190 valence electrons. The van der Waals surface area contributed by atoms with E-state index in [9.17, 15) is 29.1 Å². The van der Waals surface area contributed by atoms with Crippen molar-refractivity contribution >= 4 is 52.9 Å². The van der Waals surface area contributed by atoms with E-state index in [4.69, 9.17) is 27.9 Å². The first kappa shape index (κ1) is 24.6. The van der Waals surface area contributed by atoms with E-state index in [2.05, 4.69) is 4.74 Å². The summed E-state index contributed by atoms with van der Waals surface area (Å²) in [7, 11) is 3.75. The smallest absolute Gasteiger partial charge is 0.423 e. The molecule has 5 rings (SSSR count). The van der Waals surface area contributed by atoms with Gasteiger partial charge in [0.2, 0.25) is 11.8 Å². The molecule has 12 heteroatoms. The number of ether oxygens (including phenoxy) is 2. The number of aromatic hydroxyl groups is 1. The Hall–Kier alpha value is -3.11. The van der Waals surface area contributed by atoms with Crippen LogP contribution in [0.25, 0.3) is 0 Å². The van der Waals surface area contributed by atoms with E-state index in [1.807, 2.05) is 0 Å². The van der Waals surface area contributed by atoms with Crippen molar-refractivity contribution in [2.24, 2.45) is 17.8 Å². The van der Waals surface area contributed by atoms with Gasteiger partial charge in [0.25, 0.3) is 11.8 Å². The monoisotopic (exact) mass is 536 g/mol. The van der Waals surface area contributed by atoms with E-state index in [1.54, 1.807) is 12.1 Å². The molecule has 0 bridgehead atoms. The summed E-state index contributed by atoms with van der Waals surface area (Å²) in [5, 5.41) is 10.9. The largest absolute Gasteiger partial charge is 0.508 e. The van der Waals surface area contributed by atoms with E-state index < -0.39 is 63.1 Å².